The first-order valence-electron chi connectivity index (χ1n) is 5.69. The van der Waals surface area contributed by atoms with Crippen molar-refractivity contribution in [3.63, 3.8) is 0 Å². The quantitative estimate of drug-likeness (QED) is 0.737. The van der Waals surface area contributed by atoms with Crippen LogP contribution in [-0.2, 0) is 0 Å². The van der Waals surface area contributed by atoms with Crippen molar-refractivity contribution in [2.75, 3.05) is 6.54 Å². The van der Waals surface area contributed by atoms with Crippen LogP contribution in [0.15, 0.2) is 27.7 Å². The molecule has 0 radical (unpaired) electrons. The Morgan fingerprint density at radius 1 is 1.41 bits per heavy atom. The van der Waals surface area contributed by atoms with E-state index in [-0.39, 0.29) is 11.4 Å². The van der Waals surface area contributed by atoms with Crippen molar-refractivity contribution >= 4 is 27.9 Å². The highest BCUT2D eigenvalue weighted by Crippen LogP contribution is 2.38. The average molecular weight is 294 g/mol. The number of halogens is 1. The van der Waals surface area contributed by atoms with Gasteiger partial charge >= 0.3 is 0 Å². The van der Waals surface area contributed by atoms with Crippen LogP contribution in [0.1, 0.15) is 29.6 Å². The summed E-state index contributed by atoms with van der Waals surface area (Å²) in [6.45, 7) is 0.749. The third-order valence-corrected chi connectivity index (χ3v) is 3.83. The minimum absolute atomic E-state index is 0.169. The number of carbonyl (C=O) groups is 1. The molecule has 0 saturated heterocycles. The third kappa shape index (κ3) is 1.90. The number of ketones is 1. The Bertz CT molecular complexity index is 512. The third-order valence-electron chi connectivity index (χ3n) is 3.34. The monoisotopic (exact) mass is 293 g/mol. The van der Waals surface area contributed by atoms with Gasteiger partial charge in [0.1, 0.15) is 11.4 Å². The maximum absolute atomic E-state index is 12.2. The van der Waals surface area contributed by atoms with E-state index in [4.69, 9.17) is 4.74 Å². The van der Waals surface area contributed by atoms with E-state index >= 15 is 0 Å². The van der Waals surface area contributed by atoms with Crippen LogP contribution in [0.2, 0.25) is 0 Å². The molecule has 3 nitrogen and oxygen atoms in total. The van der Waals surface area contributed by atoms with Gasteiger partial charge in [0.05, 0.1) is 12.0 Å². The predicted octanol–water partition coefficient (Wildman–Crippen LogP) is 3.02. The van der Waals surface area contributed by atoms with E-state index < -0.39 is 0 Å². The summed E-state index contributed by atoms with van der Waals surface area (Å²) in [4.78, 5) is 16.4. The largest absolute Gasteiger partial charge is 0.486 e. The van der Waals surface area contributed by atoms with Gasteiger partial charge in [-0.25, -0.2) is 0 Å². The Morgan fingerprint density at radius 2 is 2.29 bits per heavy atom. The highest BCUT2D eigenvalue weighted by atomic mass is 79.9. The zero-order valence-corrected chi connectivity index (χ0v) is 10.9. The smallest absolute Gasteiger partial charge is 0.170 e. The topological polar surface area (TPSA) is 38.7 Å². The number of rotatable bonds is 0. The standard InChI is InChI=1S/C13H12BrNO2/c14-9-1-2-12-10(7-9)11(16)8-13(17-12)3-5-15-6-4-13/h1-2,5,7H,3-4,6,8H2/t13-/m1/s1. The van der Waals surface area contributed by atoms with Crippen LogP contribution in [0.3, 0.4) is 0 Å². The Morgan fingerprint density at radius 3 is 3.06 bits per heavy atom. The van der Waals surface area contributed by atoms with Crippen molar-refractivity contribution in [1.29, 1.82) is 0 Å². The number of benzene rings is 1. The lowest BCUT2D eigenvalue weighted by atomic mass is 9.84. The van der Waals surface area contributed by atoms with E-state index in [1.807, 2.05) is 24.4 Å². The zero-order valence-electron chi connectivity index (χ0n) is 9.28. The number of ether oxygens (including phenoxy) is 1. The fraction of sp³-hybridized carbons (Fsp3) is 0.385. The van der Waals surface area contributed by atoms with Crippen LogP contribution in [0.5, 0.6) is 5.75 Å². The summed E-state index contributed by atoms with van der Waals surface area (Å²) in [5, 5.41) is 0. The number of carbonyl (C=O) groups excluding carboxylic acids is 1. The zero-order chi connectivity index (χ0) is 11.9. The first kappa shape index (κ1) is 11.0. The Labute approximate surface area is 108 Å². The molecule has 17 heavy (non-hydrogen) atoms. The molecular formula is C13H12BrNO2. The van der Waals surface area contributed by atoms with Gasteiger partial charge in [-0.05, 0) is 18.2 Å². The lowest BCUT2D eigenvalue weighted by Crippen LogP contribution is -2.44. The molecule has 0 amide bonds. The maximum Gasteiger partial charge on any atom is 0.170 e. The SMILES string of the molecule is O=C1C[C@]2(CC=NCC2)Oc2ccc(Br)cc21. The minimum atomic E-state index is -0.348. The molecule has 0 bridgehead atoms. The molecule has 4 heteroatoms. The van der Waals surface area contributed by atoms with E-state index in [0.29, 0.717) is 17.7 Å². The molecule has 0 N–H and O–H groups in total. The van der Waals surface area contributed by atoms with Gasteiger partial charge < -0.3 is 4.74 Å². The molecule has 88 valence electrons. The fourth-order valence-electron chi connectivity index (χ4n) is 2.41. The van der Waals surface area contributed by atoms with Gasteiger partial charge in [-0.3, -0.25) is 9.79 Å². The van der Waals surface area contributed by atoms with Crippen molar-refractivity contribution < 1.29 is 9.53 Å². The van der Waals surface area contributed by atoms with Gasteiger partial charge in [0.2, 0.25) is 0 Å². The van der Waals surface area contributed by atoms with E-state index in [9.17, 15) is 4.79 Å². The Kier molecular flexibility index (Phi) is 2.54. The molecular weight excluding hydrogens is 282 g/mol. The lowest BCUT2D eigenvalue weighted by molar-refractivity contribution is 0.0394. The van der Waals surface area contributed by atoms with E-state index in [0.717, 1.165) is 23.9 Å². The van der Waals surface area contributed by atoms with E-state index in [2.05, 4.69) is 20.9 Å². The molecule has 0 aromatic heterocycles. The van der Waals surface area contributed by atoms with Gasteiger partial charge in [0, 0.05) is 30.1 Å². The summed E-state index contributed by atoms with van der Waals surface area (Å²) in [6, 6.07) is 5.60. The number of nitrogens with zero attached hydrogens (tertiary/aromatic N) is 1. The molecule has 0 aliphatic carbocycles. The first-order chi connectivity index (χ1) is 8.19. The molecule has 1 spiro atoms. The number of fused-ring (bicyclic) bond motifs is 1. The van der Waals surface area contributed by atoms with E-state index in [1.165, 1.54) is 0 Å². The fourth-order valence-corrected chi connectivity index (χ4v) is 2.77. The highest BCUT2D eigenvalue weighted by Gasteiger charge is 2.40. The summed E-state index contributed by atoms with van der Waals surface area (Å²) < 4.78 is 6.96. The molecule has 2 heterocycles. The lowest BCUT2D eigenvalue weighted by Gasteiger charge is -2.38. The number of hydrogen-bond acceptors (Lipinski definition) is 3. The molecule has 1 aromatic rings. The van der Waals surface area contributed by atoms with Crippen molar-refractivity contribution in [1.82, 2.24) is 0 Å². The Balaban J connectivity index is 2.00. The number of Topliss-reactive ketones (excluding diaryl/α,β-unsaturated/α-hetero) is 1. The molecule has 1 atom stereocenters. The van der Waals surface area contributed by atoms with Gasteiger partial charge in [-0.2, -0.15) is 0 Å². The van der Waals surface area contributed by atoms with Crippen LogP contribution >= 0.6 is 15.9 Å². The second-order valence-corrected chi connectivity index (χ2v) is 5.48. The van der Waals surface area contributed by atoms with Gasteiger partial charge in [-0.1, -0.05) is 15.9 Å². The van der Waals surface area contributed by atoms with Crippen LogP contribution in [0, 0.1) is 0 Å². The minimum Gasteiger partial charge on any atom is -0.486 e. The summed E-state index contributed by atoms with van der Waals surface area (Å²) in [5.74, 6) is 0.877. The molecule has 0 fully saturated rings. The van der Waals surface area contributed by atoms with Crippen molar-refractivity contribution in [2.24, 2.45) is 4.99 Å². The van der Waals surface area contributed by atoms with Crippen molar-refractivity contribution in [2.45, 2.75) is 24.9 Å². The highest BCUT2D eigenvalue weighted by molar-refractivity contribution is 9.10. The normalized spacial score (nSPS) is 26.8. The average Bonchev–Trinajstić information content (AvgIpc) is 2.31. The Hall–Kier alpha value is -1.16. The second-order valence-electron chi connectivity index (χ2n) is 4.57. The van der Waals surface area contributed by atoms with Crippen molar-refractivity contribution in [3.8, 4) is 5.75 Å². The first-order valence-corrected chi connectivity index (χ1v) is 6.48. The van der Waals surface area contributed by atoms with Crippen LogP contribution in [0.4, 0.5) is 0 Å². The van der Waals surface area contributed by atoms with E-state index in [1.54, 1.807) is 0 Å². The molecule has 2 aliphatic heterocycles. The molecule has 0 unspecified atom stereocenters. The van der Waals surface area contributed by atoms with Crippen LogP contribution in [0.25, 0.3) is 0 Å². The molecule has 2 aliphatic rings. The van der Waals surface area contributed by atoms with Gasteiger partial charge in [0.15, 0.2) is 5.78 Å². The predicted molar refractivity (Wildman–Crippen MR) is 69.0 cm³/mol. The number of aliphatic imine (C=N–C) groups is 1. The van der Waals surface area contributed by atoms with Crippen molar-refractivity contribution in [3.05, 3.63) is 28.2 Å². The maximum atomic E-state index is 12.2. The summed E-state index contributed by atoms with van der Waals surface area (Å²) in [7, 11) is 0. The summed E-state index contributed by atoms with van der Waals surface area (Å²) in [5.41, 5.74) is 0.340. The molecule has 0 saturated carbocycles. The molecule has 3 rings (SSSR count). The van der Waals surface area contributed by atoms with Crippen LogP contribution < -0.4 is 4.74 Å². The van der Waals surface area contributed by atoms with Gasteiger partial charge in [0.25, 0.3) is 0 Å². The summed E-state index contributed by atoms with van der Waals surface area (Å²) in [6.07, 6.45) is 3.89. The number of hydrogen-bond donors (Lipinski definition) is 0. The summed E-state index contributed by atoms with van der Waals surface area (Å²) >= 11 is 3.38. The van der Waals surface area contributed by atoms with Crippen LogP contribution in [-0.4, -0.2) is 24.1 Å². The second kappa shape index (κ2) is 3.95. The molecule has 1 aromatic carbocycles. The van der Waals surface area contributed by atoms with Gasteiger partial charge in [-0.15, -0.1) is 0 Å².